The molecule has 2 unspecified atom stereocenters. The smallest absolute Gasteiger partial charge is 0.416 e. The fourth-order valence-electron chi connectivity index (χ4n) is 3.93. The van der Waals surface area contributed by atoms with Gasteiger partial charge in [-0.25, -0.2) is 0 Å². The van der Waals surface area contributed by atoms with E-state index >= 15 is 0 Å². The minimum atomic E-state index is -4.47. The van der Waals surface area contributed by atoms with E-state index in [2.05, 4.69) is 0 Å². The quantitative estimate of drug-likeness (QED) is 0.721. The molecule has 0 bridgehead atoms. The average Bonchev–Trinajstić information content (AvgIpc) is 2.69. The van der Waals surface area contributed by atoms with Crippen LogP contribution in [0.4, 0.5) is 13.2 Å². The molecule has 1 N–H and O–H groups in total. The van der Waals surface area contributed by atoms with Crippen molar-refractivity contribution in [3.8, 4) is 5.75 Å². The number of halogens is 3. The van der Waals surface area contributed by atoms with Crippen molar-refractivity contribution in [1.82, 2.24) is 4.90 Å². The van der Waals surface area contributed by atoms with Crippen molar-refractivity contribution in [2.45, 2.75) is 44.4 Å². The van der Waals surface area contributed by atoms with Crippen LogP contribution in [0.3, 0.4) is 0 Å². The van der Waals surface area contributed by atoms with Gasteiger partial charge < -0.3 is 9.84 Å². The van der Waals surface area contributed by atoms with Crippen LogP contribution in [0.15, 0.2) is 48.5 Å². The minimum absolute atomic E-state index is 0.418. The SMILES string of the molecule is CCOc1cccc(C(c2cccc(C(F)(F)F)c2)N2CCCCC2C(=O)O)c1. The van der Waals surface area contributed by atoms with E-state index in [4.69, 9.17) is 4.74 Å². The molecule has 0 radical (unpaired) electrons. The Morgan fingerprint density at radius 2 is 1.86 bits per heavy atom. The molecule has 2 aromatic rings. The zero-order valence-electron chi connectivity index (χ0n) is 16.2. The molecule has 1 aliphatic heterocycles. The third-order valence-electron chi connectivity index (χ3n) is 5.18. The van der Waals surface area contributed by atoms with Gasteiger partial charge in [-0.2, -0.15) is 13.2 Å². The van der Waals surface area contributed by atoms with E-state index in [9.17, 15) is 23.1 Å². The van der Waals surface area contributed by atoms with Gasteiger partial charge in [-0.3, -0.25) is 9.69 Å². The lowest BCUT2D eigenvalue weighted by Crippen LogP contribution is -2.46. The maximum atomic E-state index is 13.3. The molecule has 156 valence electrons. The Balaban J connectivity index is 2.11. The summed E-state index contributed by atoms with van der Waals surface area (Å²) in [6.07, 6.45) is -2.43. The van der Waals surface area contributed by atoms with Crippen LogP contribution in [0, 0.1) is 0 Å². The molecular formula is C22H24F3NO3. The number of rotatable bonds is 6. The van der Waals surface area contributed by atoms with Crippen molar-refractivity contribution in [1.29, 1.82) is 0 Å². The lowest BCUT2D eigenvalue weighted by molar-refractivity contribution is -0.145. The number of alkyl halides is 3. The second kappa shape index (κ2) is 8.86. The van der Waals surface area contributed by atoms with E-state index in [0.29, 0.717) is 36.4 Å². The number of hydrogen-bond donors (Lipinski definition) is 1. The van der Waals surface area contributed by atoms with Crippen LogP contribution in [0.5, 0.6) is 5.75 Å². The molecule has 3 rings (SSSR count). The summed E-state index contributed by atoms with van der Waals surface area (Å²) in [4.78, 5) is 13.7. The second-order valence-corrected chi connectivity index (χ2v) is 7.12. The van der Waals surface area contributed by atoms with Crippen LogP contribution in [0.1, 0.15) is 48.9 Å². The molecular weight excluding hydrogens is 383 g/mol. The molecule has 2 atom stereocenters. The predicted molar refractivity (Wildman–Crippen MR) is 103 cm³/mol. The minimum Gasteiger partial charge on any atom is -0.494 e. The van der Waals surface area contributed by atoms with Crippen LogP contribution in [0.25, 0.3) is 0 Å². The molecule has 1 aliphatic rings. The maximum absolute atomic E-state index is 13.3. The number of ether oxygens (including phenoxy) is 1. The van der Waals surface area contributed by atoms with Crippen molar-refractivity contribution in [2.75, 3.05) is 13.2 Å². The van der Waals surface area contributed by atoms with Gasteiger partial charge in [0.15, 0.2) is 0 Å². The summed E-state index contributed by atoms with van der Waals surface area (Å²) in [5, 5.41) is 9.73. The van der Waals surface area contributed by atoms with E-state index in [-0.39, 0.29) is 0 Å². The van der Waals surface area contributed by atoms with Crippen LogP contribution >= 0.6 is 0 Å². The normalized spacial score (nSPS) is 19.0. The van der Waals surface area contributed by atoms with Gasteiger partial charge >= 0.3 is 12.1 Å². The fraction of sp³-hybridized carbons (Fsp3) is 0.409. The summed E-state index contributed by atoms with van der Waals surface area (Å²) in [5.41, 5.74) is 0.384. The highest BCUT2D eigenvalue weighted by atomic mass is 19.4. The molecule has 1 fully saturated rings. The lowest BCUT2D eigenvalue weighted by Gasteiger charge is -2.40. The average molecular weight is 407 g/mol. The highest BCUT2D eigenvalue weighted by molar-refractivity contribution is 5.73. The van der Waals surface area contributed by atoms with Crippen LogP contribution < -0.4 is 4.74 Å². The predicted octanol–water partition coefficient (Wildman–Crippen LogP) is 5.13. The van der Waals surface area contributed by atoms with E-state index < -0.39 is 29.8 Å². The van der Waals surface area contributed by atoms with Gasteiger partial charge in [0.25, 0.3) is 0 Å². The molecule has 2 aromatic carbocycles. The number of likely N-dealkylation sites (tertiary alicyclic amines) is 1. The molecule has 0 amide bonds. The van der Waals surface area contributed by atoms with E-state index in [1.54, 1.807) is 35.2 Å². The third-order valence-corrected chi connectivity index (χ3v) is 5.18. The summed E-state index contributed by atoms with van der Waals surface area (Å²) in [7, 11) is 0. The molecule has 0 aliphatic carbocycles. The molecule has 0 saturated carbocycles. The van der Waals surface area contributed by atoms with Crippen LogP contribution in [-0.2, 0) is 11.0 Å². The van der Waals surface area contributed by atoms with Gasteiger partial charge in [0.1, 0.15) is 11.8 Å². The summed E-state index contributed by atoms with van der Waals surface area (Å²) in [6.45, 7) is 2.80. The summed E-state index contributed by atoms with van der Waals surface area (Å²) in [6, 6.07) is 10.9. The highest BCUT2D eigenvalue weighted by Crippen LogP contribution is 2.38. The Morgan fingerprint density at radius 3 is 2.52 bits per heavy atom. The van der Waals surface area contributed by atoms with Crippen LogP contribution in [0.2, 0.25) is 0 Å². The number of piperidine rings is 1. The number of aliphatic carboxylic acids is 1. The first kappa shape index (κ1) is 21.2. The monoisotopic (exact) mass is 407 g/mol. The fourth-order valence-corrected chi connectivity index (χ4v) is 3.93. The second-order valence-electron chi connectivity index (χ2n) is 7.12. The molecule has 0 aromatic heterocycles. The molecule has 4 nitrogen and oxygen atoms in total. The number of benzene rings is 2. The Bertz CT molecular complexity index is 853. The molecule has 29 heavy (non-hydrogen) atoms. The Labute approximate surface area is 167 Å². The topological polar surface area (TPSA) is 49.8 Å². The lowest BCUT2D eigenvalue weighted by atomic mass is 9.91. The zero-order valence-corrected chi connectivity index (χ0v) is 16.2. The summed E-state index contributed by atoms with van der Waals surface area (Å²) in [5.74, 6) is -0.353. The van der Waals surface area contributed by atoms with Gasteiger partial charge in [0.2, 0.25) is 0 Å². The van der Waals surface area contributed by atoms with Crippen molar-refractivity contribution in [3.05, 3.63) is 65.2 Å². The summed E-state index contributed by atoms with van der Waals surface area (Å²) < 4.78 is 45.5. The number of carbonyl (C=O) groups is 1. The van der Waals surface area contributed by atoms with Crippen LogP contribution in [-0.4, -0.2) is 35.2 Å². The van der Waals surface area contributed by atoms with Gasteiger partial charge in [-0.05, 0) is 61.7 Å². The zero-order chi connectivity index (χ0) is 21.0. The largest absolute Gasteiger partial charge is 0.494 e. The van der Waals surface area contributed by atoms with Crippen molar-refractivity contribution in [3.63, 3.8) is 0 Å². The van der Waals surface area contributed by atoms with Gasteiger partial charge in [0, 0.05) is 0 Å². The number of hydrogen-bond acceptors (Lipinski definition) is 3. The molecule has 7 heteroatoms. The maximum Gasteiger partial charge on any atom is 0.416 e. The number of carboxylic acid groups (broad SMARTS) is 1. The highest BCUT2D eigenvalue weighted by Gasteiger charge is 2.37. The summed E-state index contributed by atoms with van der Waals surface area (Å²) >= 11 is 0. The standard InChI is InChI=1S/C22H24F3NO3/c1-2-29-18-10-6-8-16(14-18)20(26-12-4-3-11-19(26)21(27)28)15-7-5-9-17(13-15)22(23,24)25/h5-10,13-14,19-20H,2-4,11-12H2,1H3,(H,27,28). The number of nitrogens with zero attached hydrogens (tertiary/aromatic N) is 1. The molecule has 1 heterocycles. The molecule has 1 saturated heterocycles. The third kappa shape index (κ3) is 4.90. The van der Waals surface area contributed by atoms with Crippen molar-refractivity contribution < 1.29 is 27.8 Å². The first-order chi connectivity index (χ1) is 13.8. The van der Waals surface area contributed by atoms with Crippen molar-refractivity contribution in [2.24, 2.45) is 0 Å². The Hall–Kier alpha value is -2.54. The Kier molecular flexibility index (Phi) is 6.47. The first-order valence-electron chi connectivity index (χ1n) is 9.69. The van der Waals surface area contributed by atoms with Gasteiger partial charge in [-0.15, -0.1) is 0 Å². The van der Waals surface area contributed by atoms with E-state index in [1.165, 1.54) is 6.07 Å². The Morgan fingerprint density at radius 1 is 1.17 bits per heavy atom. The first-order valence-corrected chi connectivity index (χ1v) is 9.69. The van der Waals surface area contributed by atoms with Crippen molar-refractivity contribution >= 4 is 5.97 Å². The van der Waals surface area contributed by atoms with Gasteiger partial charge in [-0.1, -0.05) is 30.7 Å². The molecule has 0 spiro atoms. The number of carboxylic acids is 1. The van der Waals surface area contributed by atoms with Gasteiger partial charge in [0.05, 0.1) is 18.2 Å². The van der Waals surface area contributed by atoms with E-state index in [0.717, 1.165) is 25.0 Å². The van der Waals surface area contributed by atoms with E-state index in [1.807, 2.05) is 6.92 Å².